The second-order valence-corrected chi connectivity index (χ2v) is 5.27. The molecule has 0 aliphatic carbocycles. The molecule has 7 heteroatoms. The summed E-state index contributed by atoms with van der Waals surface area (Å²) in [4.78, 5) is 5.29. The van der Waals surface area contributed by atoms with Gasteiger partial charge in [-0.25, -0.2) is 4.98 Å². The molecule has 1 N–H and O–H groups in total. The predicted molar refractivity (Wildman–Crippen MR) is 79.8 cm³/mol. The Labute approximate surface area is 128 Å². The van der Waals surface area contributed by atoms with Crippen molar-refractivity contribution in [3.05, 3.63) is 22.8 Å². The van der Waals surface area contributed by atoms with Gasteiger partial charge in [-0.05, 0) is 31.0 Å². The quantitative estimate of drug-likeness (QED) is 0.733. The smallest absolute Gasteiger partial charge is 0.346 e. The molecule has 0 saturated heterocycles. The number of halogens is 4. The van der Waals surface area contributed by atoms with Crippen molar-refractivity contribution in [1.29, 1.82) is 0 Å². The number of pyridine rings is 1. The highest BCUT2D eigenvalue weighted by molar-refractivity contribution is 6.33. The highest BCUT2D eigenvalue weighted by atomic mass is 35.5. The van der Waals surface area contributed by atoms with Crippen LogP contribution in [-0.4, -0.2) is 30.8 Å². The van der Waals surface area contributed by atoms with Crippen LogP contribution in [0.3, 0.4) is 0 Å². The third-order valence-corrected chi connectivity index (χ3v) is 3.08. The molecule has 1 aromatic rings. The number of nitrogens with one attached hydrogen (secondary N) is 1. The molecule has 0 fully saturated rings. The van der Waals surface area contributed by atoms with E-state index < -0.39 is 12.7 Å². The van der Waals surface area contributed by atoms with Gasteiger partial charge in [-0.2, -0.15) is 13.2 Å². The lowest BCUT2D eigenvalue weighted by Gasteiger charge is -2.25. The second kappa shape index (κ2) is 8.44. The first-order valence-electron chi connectivity index (χ1n) is 7.04. The van der Waals surface area contributed by atoms with Crippen LogP contribution in [0.4, 0.5) is 19.0 Å². The first kappa shape index (κ1) is 18.0. The zero-order chi connectivity index (χ0) is 15.9. The topological polar surface area (TPSA) is 28.2 Å². The minimum atomic E-state index is -4.28. The van der Waals surface area contributed by atoms with E-state index in [2.05, 4.69) is 17.2 Å². The maximum Gasteiger partial charge on any atom is 0.405 e. The highest BCUT2D eigenvalue weighted by Gasteiger charge is 2.31. The number of alkyl halides is 3. The van der Waals surface area contributed by atoms with Crippen LogP contribution >= 0.6 is 11.6 Å². The molecule has 0 amide bonds. The Bertz CT molecular complexity index is 438. The van der Waals surface area contributed by atoms with Crippen LogP contribution < -0.4 is 10.2 Å². The van der Waals surface area contributed by atoms with Crippen molar-refractivity contribution in [3.8, 4) is 0 Å². The van der Waals surface area contributed by atoms with Gasteiger partial charge in [0.2, 0.25) is 0 Å². The second-order valence-electron chi connectivity index (χ2n) is 4.86. The summed E-state index contributed by atoms with van der Waals surface area (Å²) in [6, 6.07) is 1.67. The Morgan fingerprint density at radius 2 is 2.00 bits per heavy atom. The van der Waals surface area contributed by atoms with Gasteiger partial charge >= 0.3 is 6.18 Å². The molecular formula is C14H21ClF3N3. The number of nitrogens with zero attached hydrogens (tertiary/aromatic N) is 2. The lowest BCUT2D eigenvalue weighted by Crippen LogP contribution is -2.35. The molecule has 1 heterocycles. The Morgan fingerprint density at radius 1 is 1.29 bits per heavy atom. The van der Waals surface area contributed by atoms with Crippen LogP contribution in [0.15, 0.2) is 12.3 Å². The fraction of sp³-hybridized carbons (Fsp3) is 0.643. The summed E-state index contributed by atoms with van der Waals surface area (Å²) in [5, 5.41) is 3.45. The average Bonchev–Trinajstić information content (AvgIpc) is 2.37. The molecule has 0 aromatic carbocycles. The van der Waals surface area contributed by atoms with E-state index in [1.165, 1.54) is 4.90 Å². The monoisotopic (exact) mass is 323 g/mol. The first-order valence-corrected chi connectivity index (χ1v) is 7.42. The maximum absolute atomic E-state index is 12.6. The zero-order valence-electron chi connectivity index (χ0n) is 12.3. The van der Waals surface area contributed by atoms with E-state index >= 15 is 0 Å². The van der Waals surface area contributed by atoms with Crippen molar-refractivity contribution in [1.82, 2.24) is 10.3 Å². The summed E-state index contributed by atoms with van der Waals surface area (Å²) in [6.45, 7) is 4.57. The van der Waals surface area contributed by atoms with Gasteiger partial charge in [0.05, 0.1) is 5.02 Å². The van der Waals surface area contributed by atoms with Crippen LogP contribution in [0.25, 0.3) is 0 Å². The van der Waals surface area contributed by atoms with E-state index in [-0.39, 0.29) is 17.4 Å². The van der Waals surface area contributed by atoms with Crippen molar-refractivity contribution >= 4 is 17.4 Å². The molecule has 1 rings (SSSR count). The predicted octanol–water partition coefficient (Wildman–Crippen LogP) is 4.01. The normalized spacial score (nSPS) is 11.7. The zero-order valence-corrected chi connectivity index (χ0v) is 13.1. The fourth-order valence-corrected chi connectivity index (χ4v) is 2.26. The molecule has 3 nitrogen and oxygen atoms in total. The largest absolute Gasteiger partial charge is 0.405 e. The van der Waals surface area contributed by atoms with Crippen LogP contribution in [0, 0.1) is 0 Å². The summed E-state index contributed by atoms with van der Waals surface area (Å²) in [6.07, 6.45) is -1.10. The van der Waals surface area contributed by atoms with Crippen molar-refractivity contribution in [2.24, 2.45) is 0 Å². The van der Waals surface area contributed by atoms with Crippen molar-refractivity contribution < 1.29 is 13.2 Å². The van der Waals surface area contributed by atoms with Gasteiger partial charge in [-0.15, -0.1) is 0 Å². The van der Waals surface area contributed by atoms with E-state index in [9.17, 15) is 13.2 Å². The molecule has 0 atom stereocenters. The minimum absolute atomic E-state index is 0.190. The molecule has 0 aliphatic heterocycles. The lowest BCUT2D eigenvalue weighted by molar-refractivity contribution is -0.119. The van der Waals surface area contributed by atoms with E-state index in [1.807, 2.05) is 6.92 Å². The van der Waals surface area contributed by atoms with E-state index in [0.29, 0.717) is 13.0 Å². The molecule has 0 saturated carbocycles. The van der Waals surface area contributed by atoms with Gasteiger partial charge in [-0.3, -0.25) is 0 Å². The van der Waals surface area contributed by atoms with Gasteiger partial charge in [0.25, 0.3) is 0 Å². The van der Waals surface area contributed by atoms with Crippen LogP contribution in [0.2, 0.25) is 5.02 Å². The summed E-state index contributed by atoms with van der Waals surface area (Å²) in [5.74, 6) is 0.190. The average molecular weight is 324 g/mol. The highest BCUT2D eigenvalue weighted by Crippen LogP contribution is 2.27. The Morgan fingerprint density at radius 3 is 2.52 bits per heavy atom. The Hall–Kier alpha value is -1.01. The molecule has 0 bridgehead atoms. The Kier molecular flexibility index (Phi) is 7.25. The minimum Gasteiger partial charge on any atom is -0.346 e. The first-order chi connectivity index (χ1) is 9.87. The van der Waals surface area contributed by atoms with E-state index in [1.54, 1.807) is 12.3 Å². The van der Waals surface area contributed by atoms with Gasteiger partial charge in [-0.1, -0.05) is 25.4 Å². The van der Waals surface area contributed by atoms with Gasteiger partial charge in [0, 0.05) is 19.3 Å². The molecular weight excluding hydrogens is 303 g/mol. The van der Waals surface area contributed by atoms with Crippen LogP contribution in [-0.2, 0) is 6.54 Å². The standard InChI is InChI=1S/C14H21ClF3N3/c1-3-5-19-8-11-7-12(15)13(20-9-11)21(6-4-2)10-14(16,17)18/h7,9,19H,3-6,8,10H2,1-2H3. The van der Waals surface area contributed by atoms with Gasteiger partial charge in [0.15, 0.2) is 0 Å². The van der Waals surface area contributed by atoms with Crippen LogP contribution in [0.1, 0.15) is 32.3 Å². The number of aromatic nitrogens is 1. The molecule has 0 aliphatic rings. The summed E-state index contributed by atoms with van der Waals surface area (Å²) in [7, 11) is 0. The summed E-state index contributed by atoms with van der Waals surface area (Å²) < 4.78 is 37.8. The SMILES string of the molecule is CCCNCc1cnc(N(CCC)CC(F)(F)F)c(Cl)c1. The molecule has 0 unspecified atom stereocenters. The molecule has 21 heavy (non-hydrogen) atoms. The third kappa shape index (κ3) is 6.52. The number of hydrogen-bond acceptors (Lipinski definition) is 3. The third-order valence-electron chi connectivity index (χ3n) is 2.80. The molecule has 120 valence electrons. The van der Waals surface area contributed by atoms with E-state index in [0.717, 1.165) is 18.5 Å². The maximum atomic E-state index is 12.6. The van der Waals surface area contributed by atoms with Crippen LogP contribution in [0.5, 0.6) is 0 Å². The van der Waals surface area contributed by atoms with Gasteiger partial charge < -0.3 is 10.2 Å². The van der Waals surface area contributed by atoms with Crippen molar-refractivity contribution in [2.75, 3.05) is 24.5 Å². The fourth-order valence-electron chi connectivity index (χ4n) is 1.96. The molecule has 0 spiro atoms. The van der Waals surface area contributed by atoms with E-state index in [4.69, 9.17) is 11.6 Å². The lowest BCUT2D eigenvalue weighted by atomic mass is 10.2. The number of anilines is 1. The number of hydrogen-bond donors (Lipinski definition) is 1. The summed E-state index contributed by atoms with van der Waals surface area (Å²) in [5.41, 5.74) is 0.862. The Balaban J connectivity index is 2.84. The van der Waals surface area contributed by atoms with Gasteiger partial charge in [0.1, 0.15) is 12.4 Å². The number of rotatable bonds is 8. The molecule has 1 aromatic heterocycles. The van der Waals surface area contributed by atoms with Crippen molar-refractivity contribution in [2.45, 2.75) is 39.4 Å². The van der Waals surface area contributed by atoms with Crippen molar-refractivity contribution in [3.63, 3.8) is 0 Å². The summed E-state index contributed by atoms with van der Waals surface area (Å²) >= 11 is 6.10. The molecule has 0 radical (unpaired) electrons.